The summed E-state index contributed by atoms with van der Waals surface area (Å²) in [6, 6.07) is 18.7. The first-order valence-electron chi connectivity index (χ1n) is 7.37. The molecule has 0 amide bonds. The maximum atomic E-state index is 10.9. The van der Waals surface area contributed by atoms with Crippen molar-refractivity contribution in [2.24, 2.45) is 0 Å². The number of thiophene rings is 1. The number of benzene rings is 2. The minimum atomic E-state index is -1.15. The van der Waals surface area contributed by atoms with Gasteiger partial charge in [-0.25, -0.2) is 0 Å². The van der Waals surface area contributed by atoms with Gasteiger partial charge in [-0.3, -0.25) is 0 Å². The van der Waals surface area contributed by atoms with Crippen LogP contribution in [0, 0.1) is 0 Å². The number of rotatable bonds is 6. The van der Waals surface area contributed by atoms with E-state index in [-0.39, 0.29) is 4.88 Å². The van der Waals surface area contributed by atoms with Crippen molar-refractivity contribution >= 4 is 28.9 Å². The molecule has 0 unspecified atom stereocenters. The highest BCUT2D eigenvalue weighted by Crippen LogP contribution is 2.28. The normalized spacial score (nSPS) is 10.5. The highest BCUT2D eigenvalue weighted by molar-refractivity contribution is 7.13. The van der Waals surface area contributed by atoms with Crippen LogP contribution >= 0.6 is 22.9 Å². The fourth-order valence-electron chi connectivity index (χ4n) is 2.33. The molecule has 0 spiro atoms. The van der Waals surface area contributed by atoms with Crippen LogP contribution in [0.5, 0.6) is 5.75 Å². The van der Waals surface area contributed by atoms with Gasteiger partial charge in [0.2, 0.25) is 0 Å². The molecule has 0 radical (unpaired) electrons. The van der Waals surface area contributed by atoms with Crippen LogP contribution < -0.4 is 9.84 Å². The second-order valence-corrected chi connectivity index (χ2v) is 6.86. The fraction of sp³-hybridized carbons (Fsp3) is 0.105. The lowest BCUT2D eigenvalue weighted by atomic mass is 10.1. The van der Waals surface area contributed by atoms with Crippen LogP contribution in [0.1, 0.15) is 25.7 Å². The number of carbonyl (C=O) groups is 1. The second kappa shape index (κ2) is 7.51. The first kappa shape index (κ1) is 16.6. The van der Waals surface area contributed by atoms with Crippen LogP contribution in [0.15, 0.2) is 60.7 Å². The molecule has 5 heteroatoms. The van der Waals surface area contributed by atoms with Gasteiger partial charge < -0.3 is 14.6 Å². The van der Waals surface area contributed by atoms with E-state index in [4.69, 9.17) is 16.3 Å². The molecule has 3 rings (SSSR count). The Balaban J connectivity index is 1.78. The van der Waals surface area contributed by atoms with Crippen LogP contribution in [0.3, 0.4) is 0 Å². The lowest BCUT2D eigenvalue weighted by molar-refractivity contribution is -0.254. The van der Waals surface area contributed by atoms with Crippen molar-refractivity contribution in [2.45, 2.75) is 13.0 Å². The Morgan fingerprint density at radius 2 is 1.88 bits per heavy atom. The molecule has 1 heterocycles. The zero-order chi connectivity index (χ0) is 16.9. The molecule has 0 aliphatic carbocycles. The van der Waals surface area contributed by atoms with E-state index in [0.29, 0.717) is 18.1 Å². The first-order valence-corrected chi connectivity index (χ1v) is 8.56. The molecular formula is C19H14ClO3S-. The van der Waals surface area contributed by atoms with E-state index in [2.05, 4.69) is 0 Å². The van der Waals surface area contributed by atoms with Gasteiger partial charge in [0.15, 0.2) is 0 Å². The molecule has 0 bridgehead atoms. The smallest absolute Gasteiger partial charge is 0.123 e. The maximum Gasteiger partial charge on any atom is 0.123 e. The summed E-state index contributed by atoms with van der Waals surface area (Å²) >= 11 is 7.30. The topological polar surface area (TPSA) is 49.4 Å². The Kier molecular flexibility index (Phi) is 5.18. The van der Waals surface area contributed by atoms with Crippen LogP contribution in [0.4, 0.5) is 0 Å². The van der Waals surface area contributed by atoms with Gasteiger partial charge in [0.25, 0.3) is 0 Å². The summed E-state index contributed by atoms with van der Waals surface area (Å²) in [7, 11) is 0. The predicted octanol–water partition coefficient (Wildman–Crippen LogP) is 3.93. The summed E-state index contributed by atoms with van der Waals surface area (Å²) in [5.41, 5.74) is 2.00. The lowest BCUT2D eigenvalue weighted by Gasteiger charge is -2.12. The number of aromatic carboxylic acids is 1. The number of carboxylic acid groups (broad SMARTS) is 1. The van der Waals surface area contributed by atoms with Crippen molar-refractivity contribution in [1.82, 2.24) is 0 Å². The van der Waals surface area contributed by atoms with Crippen LogP contribution in [-0.2, 0) is 13.0 Å². The Labute approximate surface area is 149 Å². The van der Waals surface area contributed by atoms with E-state index >= 15 is 0 Å². The largest absolute Gasteiger partial charge is 0.544 e. The molecule has 3 aromatic rings. The first-order chi connectivity index (χ1) is 11.6. The summed E-state index contributed by atoms with van der Waals surface area (Å²) in [5, 5.41) is 11.5. The zero-order valence-electron chi connectivity index (χ0n) is 12.7. The quantitative estimate of drug-likeness (QED) is 0.671. The predicted molar refractivity (Wildman–Crippen MR) is 93.7 cm³/mol. The van der Waals surface area contributed by atoms with Gasteiger partial charge >= 0.3 is 0 Å². The van der Waals surface area contributed by atoms with Gasteiger partial charge in [-0.2, -0.15) is 0 Å². The van der Waals surface area contributed by atoms with Crippen molar-refractivity contribution in [3.63, 3.8) is 0 Å². The minimum Gasteiger partial charge on any atom is -0.544 e. The highest BCUT2D eigenvalue weighted by atomic mass is 35.5. The van der Waals surface area contributed by atoms with Crippen molar-refractivity contribution < 1.29 is 14.6 Å². The third-order valence-electron chi connectivity index (χ3n) is 3.49. The Hall–Kier alpha value is -2.30. The van der Waals surface area contributed by atoms with Gasteiger partial charge in [-0.05, 0) is 35.9 Å². The molecular weight excluding hydrogens is 344 g/mol. The minimum absolute atomic E-state index is 0.221. The SMILES string of the molecule is O=C([O-])c1ccc(Cc2cc(Cl)ccc2OCc2ccccc2)s1. The van der Waals surface area contributed by atoms with Crippen molar-refractivity contribution in [3.8, 4) is 5.75 Å². The Morgan fingerprint density at radius 1 is 1.08 bits per heavy atom. The Morgan fingerprint density at radius 3 is 2.58 bits per heavy atom. The lowest BCUT2D eigenvalue weighted by Crippen LogP contribution is -2.20. The number of ether oxygens (including phenoxy) is 1. The molecule has 3 nitrogen and oxygen atoms in total. The van der Waals surface area contributed by atoms with E-state index < -0.39 is 5.97 Å². The number of carbonyl (C=O) groups excluding carboxylic acids is 1. The van der Waals surface area contributed by atoms with Crippen molar-refractivity contribution in [2.75, 3.05) is 0 Å². The standard InChI is InChI=1S/C19H15ClO3S/c20-15-6-8-17(23-12-13-4-2-1-3-5-13)14(10-15)11-16-7-9-18(24-16)19(21)22/h1-10H,11-12H2,(H,21,22)/p-1. The summed E-state index contributed by atoms with van der Waals surface area (Å²) in [6.07, 6.45) is 0.558. The molecule has 0 aliphatic heterocycles. The monoisotopic (exact) mass is 357 g/mol. The molecule has 0 aliphatic rings. The molecule has 0 saturated heterocycles. The molecule has 0 N–H and O–H groups in total. The number of hydrogen-bond donors (Lipinski definition) is 0. The van der Waals surface area contributed by atoms with Gasteiger partial charge in [0.1, 0.15) is 12.4 Å². The maximum absolute atomic E-state index is 10.9. The van der Waals surface area contributed by atoms with Crippen molar-refractivity contribution in [3.05, 3.63) is 86.6 Å². The highest BCUT2D eigenvalue weighted by Gasteiger charge is 2.09. The average Bonchev–Trinajstić information content (AvgIpc) is 3.04. The van der Waals surface area contributed by atoms with E-state index in [9.17, 15) is 9.90 Å². The number of hydrogen-bond acceptors (Lipinski definition) is 4. The number of carboxylic acids is 1. The van der Waals surface area contributed by atoms with Gasteiger partial charge in [-0.15, -0.1) is 11.3 Å². The second-order valence-electron chi connectivity index (χ2n) is 5.26. The molecule has 24 heavy (non-hydrogen) atoms. The molecule has 0 saturated carbocycles. The van der Waals surface area contributed by atoms with E-state index in [1.165, 1.54) is 11.3 Å². The fourth-order valence-corrected chi connectivity index (χ4v) is 3.39. The molecule has 122 valence electrons. The summed E-state index contributed by atoms with van der Waals surface area (Å²) < 4.78 is 5.92. The molecule has 0 fully saturated rings. The summed E-state index contributed by atoms with van der Waals surface area (Å²) in [6.45, 7) is 0.463. The number of halogens is 1. The molecule has 0 atom stereocenters. The summed E-state index contributed by atoms with van der Waals surface area (Å²) in [5.74, 6) is -0.412. The van der Waals surface area contributed by atoms with Crippen LogP contribution in [0.25, 0.3) is 0 Å². The van der Waals surface area contributed by atoms with E-state index in [1.807, 2.05) is 42.5 Å². The molecule has 1 aromatic heterocycles. The summed E-state index contributed by atoms with van der Waals surface area (Å²) in [4.78, 5) is 12.0. The van der Waals surface area contributed by atoms with E-state index in [1.54, 1.807) is 18.2 Å². The third-order valence-corrected chi connectivity index (χ3v) is 4.79. The molecule has 2 aromatic carbocycles. The third kappa shape index (κ3) is 4.16. The van der Waals surface area contributed by atoms with Crippen LogP contribution in [-0.4, -0.2) is 5.97 Å². The zero-order valence-corrected chi connectivity index (χ0v) is 14.3. The average molecular weight is 358 g/mol. The van der Waals surface area contributed by atoms with Gasteiger partial charge in [-0.1, -0.05) is 41.9 Å². The van der Waals surface area contributed by atoms with Crippen molar-refractivity contribution in [1.29, 1.82) is 0 Å². The Bertz CT molecular complexity index is 843. The van der Waals surface area contributed by atoms with Crippen LogP contribution in [0.2, 0.25) is 5.02 Å². The van der Waals surface area contributed by atoms with Gasteiger partial charge in [0, 0.05) is 21.9 Å². The van der Waals surface area contributed by atoms with Gasteiger partial charge in [0.05, 0.1) is 10.8 Å². The van der Waals surface area contributed by atoms with E-state index in [0.717, 1.165) is 21.8 Å².